The fourth-order valence-corrected chi connectivity index (χ4v) is 3.51. The number of hydrogen-bond acceptors (Lipinski definition) is 3. The lowest BCUT2D eigenvalue weighted by atomic mass is 10.2. The van der Waals surface area contributed by atoms with Crippen LogP contribution in [0, 0.1) is 0 Å². The number of hydrogen-bond donors (Lipinski definition) is 0. The van der Waals surface area contributed by atoms with Gasteiger partial charge in [-0.2, -0.15) is 0 Å². The van der Waals surface area contributed by atoms with Crippen molar-refractivity contribution in [2.45, 2.75) is 33.0 Å². The average Bonchev–Trinajstić information content (AvgIpc) is 2.83. The largest absolute Gasteiger partial charge is 0.489 e. The zero-order valence-electron chi connectivity index (χ0n) is 15.4. The minimum atomic E-state index is -0.545. The lowest BCUT2D eigenvalue weighted by Crippen LogP contribution is -2.25. The molecule has 0 bridgehead atoms. The Morgan fingerprint density at radius 3 is 2.46 bits per heavy atom. The molecule has 0 amide bonds. The quantitative estimate of drug-likeness (QED) is 0.530. The minimum Gasteiger partial charge on any atom is -0.489 e. The first-order chi connectivity index (χ1) is 12.3. The van der Waals surface area contributed by atoms with Crippen molar-refractivity contribution in [1.82, 2.24) is 4.57 Å². The van der Waals surface area contributed by atoms with Crippen molar-refractivity contribution in [3.8, 4) is 5.75 Å². The van der Waals surface area contributed by atoms with E-state index in [9.17, 15) is 4.79 Å². The third-order valence-corrected chi connectivity index (χ3v) is 4.75. The molecule has 0 aliphatic rings. The van der Waals surface area contributed by atoms with E-state index in [1.54, 1.807) is 0 Å². The first kappa shape index (κ1) is 18.5. The highest BCUT2D eigenvalue weighted by Crippen LogP contribution is 2.34. The Kier molecular flexibility index (Phi) is 5.10. The van der Waals surface area contributed by atoms with Crippen molar-refractivity contribution in [3.05, 3.63) is 64.3 Å². The van der Waals surface area contributed by atoms with Gasteiger partial charge < -0.3 is 14.0 Å². The SMILES string of the molecule is Cn1c(C(=O)OC(C)(C)C)c(Br)c2cc(OCc3ccccc3)ccc21. The first-order valence-corrected chi connectivity index (χ1v) is 9.23. The summed E-state index contributed by atoms with van der Waals surface area (Å²) >= 11 is 3.56. The van der Waals surface area contributed by atoms with Crippen LogP contribution in [0.15, 0.2) is 53.0 Å². The van der Waals surface area contributed by atoms with E-state index in [1.807, 2.05) is 80.9 Å². The predicted molar refractivity (Wildman–Crippen MR) is 107 cm³/mol. The number of aryl methyl sites for hydroxylation is 1. The van der Waals surface area contributed by atoms with Gasteiger partial charge in [-0.25, -0.2) is 4.79 Å². The number of carbonyl (C=O) groups excluding carboxylic acids is 1. The van der Waals surface area contributed by atoms with E-state index in [4.69, 9.17) is 9.47 Å². The van der Waals surface area contributed by atoms with Crippen LogP contribution >= 0.6 is 15.9 Å². The van der Waals surface area contributed by atoms with Gasteiger partial charge in [0.15, 0.2) is 0 Å². The van der Waals surface area contributed by atoms with Gasteiger partial charge in [0.1, 0.15) is 23.7 Å². The summed E-state index contributed by atoms with van der Waals surface area (Å²) in [5.41, 5.74) is 1.99. The van der Waals surface area contributed by atoms with Gasteiger partial charge in [0.25, 0.3) is 0 Å². The van der Waals surface area contributed by atoms with Gasteiger partial charge in [0, 0.05) is 18.0 Å². The lowest BCUT2D eigenvalue weighted by molar-refractivity contribution is 0.00584. The Hall–Kier alpha value is -2.27. The summed E-state index contributed by atoms with van der Waals surface area (Å²) in [7, 11) is 1.86. The summed E-state index contributed by atoms with van der Waals surface area (Å²) in [6.07, 6.45) is 0. The minimum absolute atomic E-state index is 0.352. The summed E-state index contributed by atoms with van der Waals surface area (Å²) in [5, 5.41) is 0.916. The number of esters is 1. The van der Waals surface area contributed by atoms with E-state index in [2.05, 4.69) is 15.9 Å². The predicted octanol–water partition coefficient (Wildman–Crippen LogP) is 5.48. The van der Waals surface area contributed by atoms with Crippen molar-refractivity contribution < 1.29 is 14.3 Å². The monoisotopic (exact) mass is 415 g/mol. The standard InChI is InChI=1S/C21H22BrNO3/c1-21(2,3)26-20(24)19-18(22)16-12-15(10-11-17(16)23(19)4)25-13-14-8-6-5-7-9-14/h5-12H,13H2,1-4H3. The van der Waals surface area contributed by atoms with Gasteiger partial charge in [-0.3, -0.25) is 0 Å². The summed E-state index contributed by atoms with van der Waals surface area (Å²) < 4.78 is 14.0. The third-order valence-electron chi connectivity index (χ3n) is 3.95. The normalized spacial score (nSPS) is 11.6. The van der Waals surface area contributed by atoms with Crippen molar-refractivity contribution in [2.75, 3.05) is 0 Å². The van der Waals surface area contributed by atoms with E-state index >= 15 is 0 Å². The second kappa shape index (κ2) is 7.16. The second-order valence-electron chi connectivity index (χ2n) is 7.18. The molecular weight excluding hydrogens is 394 g/mol. The molecule has 3 aromatic rings. The number of carbonyl (C=O) groups is 1. The lowest BCUT2D eigenvalue weighted by Gasteiger charge is -2.19. The fourth-order valence-electron chi connectivity index (χ4n) is 2.76. The third kappa shape index (κ3) is 3.93. The molecule has 26 heavy (non-hydrogen) atoms. The van der Waals surface area contributed by atoms with Crippen LogP contribution in [0.3, 0.4) is 0 Å². The zero-order valence-corrected chi connectivity index (χ0v) is 17.0. The Labute approximate surface area is 161 Å². The van der Waals surface area contributed by atoms with Crippen LogP contribution in [0.25, 0.3) is 10.9 Å². The second-order valence-corrected chi connectivity index (χ2v) is 7.97. The molecule has 1 heterocycles. The molecule has 0 aliphatic carbocycles. The molecule has 4 nitrogen and oxygen atoms in total. The smallest absolute Gasteiger partial charge is 0.356 e. The molecule has 0 N–H and O–H groups in total. The Morgan fingerprint density at radius 2 is 1.81 bits per heavy atom. The van der Waals surface area contributed by atoms with Gasteiger partial charge in [-0.1, -0.05) is 30.3 Å². The van der Waals surface area contributed by atoms with Crippen LogP contribution in [-0.2, 0) is 18.4 Å². The van der Waals surface area contributed by atoms with E-state index in [0.29, 0.717) is 12.3 Å². The topological polar surface area (TPSA) is 40.5 Å². The molecule has 0 fully saturated rings. The molecule has 0 unspecified atom stereocenters. The molecule has 0 aliphatic heterocycles. The zero-order chi connectivity index (χ0) is 18.9. The van der Waals surface area contributed by atoms with Gasteiger partial charge >= 0.3 is 5.97 Å². The Bertz CT molecular complexity index is 939. The number of halogens is 1. The summed E-state index contributed by atoms with van der Waals surface area (Å²) in [5.74, 6) is 0.401. The van der Waals surface area contributed by atoms with Crippen LogP contribution in [-0.4, -0.2) is 16.1 Å². The van der Waals surface area contributed by atoms with E-state index in [1.165, 1.54) is 0 Å². The molecule has 5 heteroatoms. The van der Waals surface area contributed by atoms with Gasteiger partial charge in [-0.05, 0) is 60.5 Å². The molecule has 2 aromatic carbocycles. The molecular formula is C21H22BrNO3. The average molecular weight is 416 g/mol. The Balaban J connectivity index is 1.90. The number of nitrogens with zero attached hydrogens (tertiary/aromatic N) is 1. The maximum absolute atomic E-state index is 12.6. The van der Waals surface area contributed by atoms with E-state index < -0.39 is 5.60 Å². The fraction of sp³-hybridized carbons (Fsp3) is 0.286. The number of rotatable bonds is 4. The highest BCUT2D eigenvalue weighted by atomic mass is 79.9. The molecule has 0 saturated carbocycles. The number of aromatic nitrogens is 1. The maximum Gasteiger partial charge on any atom is 0.356 e. The highest BCUT2D eigenvalue weighted by Gasteiger charge is 2.25. The van der Waals surface area contributed by atoms with Crippen molar-refractivity contribution in [2.24, 2.45) is 7.05 Å². The van der Waals surface area contributed by atoms with E-state index in [0.717, 1.165) is 26.7 Å². The summed E-state index contributed by atoms with van der Waals surface area (Å²) in [4.78, 5) is 12.6. The summed E-state index contributed by atoms with van der Waals surface area (Å²) in [6, 6.07) is 15.8. The highest BCUT2D eigenvalue weighted by molar-refractivity contribution is 9.10. The van der Waals surface area contributed by atoms with Gasteiger partial charge in [0.05, 0.1) is 4.47 Å². The molecule has 0 spiro atoms. The van der Waals surface area contributed by atoms with Crippen LogP contribution in [0.5, 0.6) is 5.75 Å². The molecule has 3 rings (SSSR count). The molecule has 0 atom stereocenters. The number of fused-ring (bicyclic) bond motifs is 1. The number of benzene rings is 2. The van der Waals surface area contributed by atoms with Crippen molar-refractivity contribution >= 4 is 32.8 Å². The van der Waals surface area contributed by atoms with Gasteiger partial charge in [0.2, 0.25) is 0 Å². The maximum atomic E-state index is 12.6. The number of ether oxygens (including phenoxy) is 2. The molecule has 0 saturated heterocycles. The molecule has 0 radical (unpaired) electrons. The van der Waals surface area contributed by atoms with Crippen LogP contribution < -0.4 is 4.74 Å². The molecule has 136 valence electrons. The first-order valence-electron chi connectivity index (χ1n) is 8.44. The molecule has 1 aromatic heterocycles. The van der Waals surface area contributed by atoms with E-state index in [-0.39, 0.29) is 5.97 Å². The van der Waals surface area contributed by atoms with Crippen LogP contribution in [0.4, 0.5) is 0 Å². The van der Waals surface area contributed by atoms with Gasteiger partial charge in [-0.15, -0.1) is 0 Å². The van der Waals surface area contributed by atoms with Crippen LogP contribution in [0.2, 0.25) is 0 Å². The Morgan fingerprint density at radius 1 is 1.12 bits per heavy atom. The van der Waals surface area contributed by atoms with Crippen LogP contribution in [0.1, 0.15) is 36.8 Å². The van der Waals surface area contributed by atoms with Crippen molar-refractivity contribution in [3.63, 3.8) is 0 Å². The summed E-state index contributed by atoms with van der Waals surface area (Å²) in [6.45, 7) is 6.07. The van der Waals surface area contributed by atoms with Crippen molar-refractivity contribution in [1.29, 1.82) is 0 Å².